The third kappa shape index (κ3) is 2.56. The molecule has 0 spiro atoms. The van der Waals surface area contributed by atoms with Gasteiger partial charge in [-0.3, -0.25) is 0 Å². The van der Waals surface area contributed by atoms with Crippen molar-refractivity contribution in [2.75, 3.05) is 18.0 Å². The number of anilines is 1. The molecular formula is C15H22N4. The Morgan fingerprint density at radius 2 is 2.05 bits per heavy atom. The predicted molar refractivity (Wildman–Crippen MR) is 76.1 cm³/mol. The summed E-state index contributed by atoms with van der Waals surface area (Å²) in [5.74, 6) is 1.52. The van der Waals surface area contributed by atoms with E-state index in [1.165, 1.54) is 12.8 Å². The molecule has 0 aromatic carbocycles. The lowest BCUT2D eigenvalue weighted by Crippen LogP contribution is -2.23. The molecule has 1 atom stereocenters. The minimum Gasteiger partial charge on any atom is -0.354 e. The zero-order chi connectivity index (χ0) is 13.8. The minimum atomic E-state index is 0.726. The standard InChI is InChI=1S/C15H22N4/c1-4-11-7-8-19(10-11)15-13(9-16)12(5-2)14(6-3)17-18-15/h11H,4-8,10H2,1-3H3. The van der Waals surface area contributed by atoms with Crippen LogP contribution in [0, 0.1) is 17.2 Å². The minimum absolute atomic E-state index is 0.726. The van der Waals surface area contributed by atoms with E-state index in [1.807, 2.05) is 0 Å². The summed E-state index contributed by atoms with van der Waals surface area (Å²) in [6.07, 6.45) is 4.07. The van der Waals surface area contributed by atoms with Crippen molar-refractivity contribution in [1.82, 2.24) is 10.2 Å². The van der Waals surface area contributed by atoms with Crippen molar-refractivity contribution in [2.45, 2.75) is 46.5 Å². The van der Waals surface area contributed by atoms with E-state index in [2.05, 4.69) is 41.9 Å². The van der Waals surface area contributed by atoms with Gasteiger partial charge in [0, 0.05) is 13.1 Å². The number of nitrogens with zero attached hydrogens (tertiary/aromatic N) is 4. The second-order valence-corrected chi connectivity index (χ2v) is 5.15. The molecule has 1 unspecified atom stereocenters. The monoisotopic (exact) mass is 258 g/mol. The molecular weight excluding hydrogens is 236 g/mol. The quantitative estimate of drug-likeness (QED) is 0.833. The van der Waals surface area contributed by atoms with Crippen LogP contribution in [0.2, 0.25) is 0 Å². The number of aryl methyl sites for hydroxylation is 1. The first-order chi connectivity index (χ1) is 9.24. The average Bonchev–Trinajstić information content (AvgIpc) is 2.94. The summed E-state index contributed by atoms with van der Waals surface area (Å²) in [6, 6.07) is 2.36. The van der Waals surface area contributed by atoms with Gasteiger partial charge in [-0.05, 0) is 30.7 Å². The molecule has 4 heteroatoms. The van der Waals surface area contributed by atoms with Crippen LogP contribution < -0.4 is 4.90 Å². The first-order valence-corrected chi connectivity index (χ1v) is 7.28. The molecule has 1 fully saturated rings. The molecule has 19 heavy (non-hydrogen) atoms. The fourth-order valence-corrected chi connectivity index (χ4v) is 2.86. The predicted octanol–water partition coefficient (Wildman–Crippen LogP) is 2.71. The van der Waals surface area contributed by atoms with Crippen LogP contribution in [-0.2, 0) is 12.8 Å². The molecule has 2 heterocycles. The number of hydrogen-bond acceptors (Lipinski definition) is 4. The molecule has 1 aromatic heterocycles. The highest BCUT2D eigenvalue weighted by Gasteiger charge is 2.26. The summed E-state index contributed by atoms with van der Waals surface area (Å²) in [4.78, 5) is 2.23. The van der Waals surface area contributed by atoms with E-state index >= 15 is 0 Å². The number of nitriles is 1. The number of rotatable bonds is 4. The molecule has 4 nitrogen and oxygen atoms in total. The molecule has 102 valence electrons. The average molecular weight is 258 g/mol. The van der Waals surface area contributed by atoms with Gasteiger partial charge in [0.05, 0.1) is 5.69 Å². The van der Waals surface area contributed by atoms with Gasteiger partial charge in [-0.15, -0.1) is 5.10 Å². The Labute approximate surface area is 115 Å². The Bertz CT molecular complexity index is 490. The van der Waals surface area contributed by atoms with Crippen LogP contribution >= 0.6 is 0 Å². The van der Waals surface area contributed by atoms with Crippen LogP contribution in [0.15, 0.2) is 0 Å². The van der Waals surface area contributed by atoms with Crippen LogP contribution in [0.5, 0.6) is 0 Å². The van der Waals surface area contributed by atoms with Crippen molar-refractivity contribution in [3.8, 4) is 6.07 Å². The highest BCUT2D eigenvalue weighted by atomic mass is 15.3. The molecule has 1 aromatic rings. The molecule has 1 aliphatic rings. The van der Waals surface area contributed by atoms with Crippen molar-refractivity contribution in [1.29, 1.82) is 5.26 Å². The molecule has 0 amide bonds. The Hall–Kier alpha value is -1.63. The normalized spacial score (nSPS) is 18.6. The van der Waals surface area contributed by atoms with E-state index in [-0.39, 0.29) is 0 Å². The van der Waals surface area contributed by atoms with Gasteiger partial charge in [-0.1, -0.05) is 27.2 Å². The molecule has 1 saturated heterocycles. The Morgan fingerprint density at radius 3 is 2.58 bits per heavy atom. The number of hydrogen-bond donors (Lipinski definition) is 0. The lowest BCUT2D eigenvalue weighted by molar-refractivity contribution is 0.568. The lowest BCUT2D eigenvalue weighted by Gasteiger charge is -2.20. The van der Waals surface area contributed by atoms with Crippen LogP contribution in [0.3, 0.4) is 0 Å². The maximum atomic E-state index is 9.49. The van der Waals surface area contributed by atoms with E-state index < -0.39 is 0 Å². The topological polar surface area (TPSA) is 52.8 Å². The van der Waals surface area contributed by atoms with Crippen LogP contribution in [-0.4, -0.2) is 23.3 Å². The van der Waals surface area contributed by atoms with Gasteiger partial charge < -0.3 is 4.90 Å². The Balaban J connectivity index is 2.39. The SMILES string of the molecule is CCc1nnc(N2CCC(CC)C2)c(C#N)c1CC. The maximum Gasteiger partial charge on any atom is 0.169 e. The van der Waals surface area contributed by atoms with Crippen molar-refractivity contribution < 1.29 is 0 Å². The maximum absolute atomic E-state index is 9.49. The molecule has 1 aliphatic heterocycles. The van der Waals surface area contributed by atoms with E-state index in [0.717, 1.165) is 54.5 Å². The van der Waals surface area contributed by atoms with Gasteiger partial charge in [0.15, 0.2) is 5.82 Å². The van der Waals surface area contributed by atoms with Gasteiger partial charge in [0.2, 0.25) is 0 Å². The molecule has 0 saturated carbocycles. The van der Waals surface area contributed by atoms with Gasteiger partial charge in [0.25, 0.3) is 0 Å². The van der Waals surface area contributed by atoms with E-state index in [0.29, 0.717) is 0 Å². The van der Waals surface area contributed by atoms with Gasteiger partial charge in [-0.25, -0.2) is 0 Å². The van der Waals surface area contributed by atoms with Gasteiger partial charge in [0.1, 0.15) is 11.6 Å². The third-order valence-electron chi connectivity index (χ3n) is 4.10. The zero-order valence-corrected chi connectivity index (χ0v) is 12.1. The molecule has 0 radical (unpaired) electrons. The van der Waals surface area contributed by atoms with E-state index in [4.69, 9.17) is 0 Å². The Morgan fingerprint density at radius 1 is 1.26 bits per heavy atom. The van der Waals surface area contributed by atoms with Crippen molar-refractivity contribution in [3.63, 3.8) is 0 Å². The fourth-order valence-electron chi connectivity index (χ4n) is 2.86. The summed E-state index contributed by atoms with van der Waals surface area (Å²) in [5.41, 5.74) is 2.79. The van der Waals surface area contributed by atoms with E-state index in [9.17, 15) is 5.26 Å². The second-order valence-electron chi connectivity index (χ2n) is 5.15. The smallest absolute Gasteiger partial charge is 0.169 e. The van der Waals surface area contributed by atoms with Crippen molar-refractivity contribution in [3.05, 3.63) is 16.8 Å². The summed E-state index contributed by atoms with van der Waals surface area (Å²) < 4.78 is 0. The van der Waals surface area contributed by atoms with Crippen molar-refractivity contribution in [2.24, 2.45) is 5.92 Å². The second kappa shape index (κ2) is 6.01. The molecule has 0 bridgehead atoms. The number of aromatic nitrogens is 2. The lowest BCUT2D eigenvalue weighted by atomic mass is 10.0. The zero-order valence-electron chi connectivity index (χ0n) is 12.1. The first-order valence-electron chi connectivity index (χ1n) is 7.28. The molecule has 0 aliphatic carbocycles. The molecule has 0 N–H and O–H groups in total. The highest BCUT2D eigenvalue weighted by molar-refractivity contribution is 5.58. The first kappa shape index (κ1) is 13.8. The summed E-state index contributed by atoms with van der Waals surface area (Å²) in [7, 11) is 0. The summed E-state index contributed by atoms with van der Waals surface area (Å²) in [5, 5.41) is 18.2. The van der Waals surface area contributed by atoms with Crippen LogP contribution in [0.1, 0.15) is 50.4 Å². The summed E-state index contributed by atoms with van der Waals surface area (Å²) in [6.45, 7) is 8.38. The van der Waals surface area contributed by atoms with Crippen LogP contribution in [0.4, 0.5) is 5.82 Å². The highest BCUT2D eigenvalue weighted by Crippen LogP contribution is 2.28. The Kier molecular flexibility index (Phi) is 4.36. The van der Waals surface area contributed by atoms with Gasteiger partial charge >= 0.3 is 0 Å². The van der Waals surface area contributed by atoms with Crippen LogP contribution in [0.25, 0.3) is 0 Å². The largest absolute Gasteiger partial charge is 0.354 e. The molecule has 2 rings (SSSR count). The van der Waals surface area contributed by atoms with Gasteiger partial charge in [-0.2, -0.15) is 10.4 Å². The van der Waals surface area contributed by atoms with Crippen molar-refractivity contribution >= 4 is 5.82 Å². The fraction of sp³-hybridized carbons (Fsp3) is 0.667. The summed E-state index contributed by atoms with van der Waals surface area (Å²) >= 11 is 0. The third-order valence-corrected chi connectivity index (χ3v) is 4.10. The van der Waals surface area contributed by atoms with E-state index in [1.54, 1.807) is 0 Å².